The zero-order chi connectivity index (χ0) is 15.0. The van der Waals surface area contributed by atoms with E-state index in [1.807, 2.05) is 27.7 Å². The number of hydrogen-bond donors (Lipinski definition) is 1. The first kappa shape index (κ1) is 16.6. The summed E-state index contributed by atoms with van der Waals surface area (Å²) in [5.74, 6) is 0.338. The van der Waals surface area contributed by atoms with Crippen molar-refractivity contribution >= 4 is 5.91 Å². The zero-order valence-electron chi connectivity index (χ0n) is 12.6. The smallest absolute Gasteiger partial charge is 0.241 e. The Bertz CT molecular complexity index is 400. The van der Waals surface area contributed by atoms with Gasteiger partial charge in [-0.2, -0.15) is 0 Å². The number of carbonyl (C=O) groups is 1. The minimum Gasteiger partial charge on any atom is -0.354 e. The predicted molar refractivity (Wildman–Crippen MR) is 73.9 cm³/mol. The first-order valence-electron chi connectivity index (χ1n) is 6.96. The largest absolute Gasteiger partial charge is 0.354 e. The molecule has 0 aliphatic rings. The van der Waals surface area contributed by atoms with E-state index in [1.54, 1.807) is 6.20 Å². The lowest BCUT2D eigenvalue weighted by atomic mass is 10.2. The number of aromatic nitrogens is 3. The third-order valence-corrected chi connectivity index (χ3v) is 2.45. The van der Waals surface area contributed by atoms with Crippen LogP contribution in [0.5, 0.6) is 0 Å². The fraction of sp³-hybridized carbons (Fsp3) is 0.769. The number of nitrogens with zero attached hydrogens (tertiary/aromatic N) is 3. The Morgan fingerprint density at radius 1 is 1.35 bits per heavy atom. The Morgan fingerprint density at radius 2 is 2.00 bits per heavy atom. The maximum Gasteiger partial charge on any atom is 0.241 e. The Balaban J connectivity index is 2.55. The maximum atomic E-state index is 11.7. The van der Waals surface area contributed by atoms with Crippen molar-refractivity contribution in [2.75, 3.05) is 19.8 Å². The maximum absolute atomic E-state index is 11.7. The lowest BCUT2D eigenvalue weighted by Crippen LogP contribution is -2.30. The second kappa shape index (κ2) is 8.65. The van der Waals surface area contributed by atoms with E-state index in [0.29, 0.717) is 31.4 Å². The van der Waals surface area contributed by atoms with Crippen LogP contribution in [0.25, 0.3) is 0 Å². The number of amides is 1. The van der Waals surface area contributed by atoms with Gasteiger partial charge in [-0.1, -0.05) is 19.1 Å². The molecular weight excluding hydrogens is 260 g/mol. The summed E-state index contributed by atoms with van der Waals surface area (Å²) in [6.45, 7) is 9.70. The molecule has 20 heavy (non-hydrogen) atoms. The normalized spacial score (nSPS) is 11.3. The fourth-order valence-electron chi connectivity index (χ4n) is 1.54. The fourth-order valence-corrected chi connectivity index (χ4v) is 1.54. The molecule has 0 radical (unpaired) electrons. The van der Waals surface area contributed by atoms with Gasteiger partial charge < -0.3 is 14.8 Å². The standard InChI is InChI=1S/C13H24N4O3/c1-5-19-13(20-6-2)11-8-17(16-15-11)9-12(18)14-7-10(3)4/h8,10,13H,5-7,9H2,1-4H3,(H,14,18). The topological polar surface area (TPSA) is 78.3 Å². The third kappa shape index (κ3) is 5.66. The third-order valence-electron chi connectivity index (χ3n) is 2.45. The van der Waals surface area contributed by atoms with Gasteiger partial charge in [0.1, 0.15) is 12.2 Å². The van der Waals surface area contributed by atoms with Crippen molar-refractivity contribution in [3.63, 3.8) is 0 Å². The number of nitrogens with one attached hydrogen (secondary N) is 1. The van der Waals surface area contributed by atoms with Crippen molar-refractivity contribution in [3.05, 3.63) is 11.9 Å². The molecule has 7 heteroatoms. The molecule has 0 unspecified atom stereocenters. The van der Waals surface area contributed by atoms with Crippen molar-refractivity contribution in [2.24, 2.45) is 5.92 Å². The van der Waals surface area contributed by atoms with Gasteiger partial charge in [-0.25, -0.2) is 4.68 Å². The molecule has 0 aliphatic heterocycles. The first-order valence-corrected chi connectivity index (χ1v) is 6.96. The van der Waals surface area contributed by atoms with Crippen molar-refractivity contribution in [1.29, 1.82) is 0 Å². The van der Waals surface area contributed by atoms with Gasteiger partial charge in [-0.05, 0) is 19.8 Å². The predicted octanol–water partition coefficient (Wildman–Crippen LogP) is 1.12. The number of hydrogen-bond acceptors (Lipinski definition) is 5. The number of rotatable bonds is 9. The van der Waals surface area contributed by atoms with Crippen LogP contribution in [0.3, 0.4) is 0 Å². The van der Waals surface area contributed by atoms with Crippen molar-refractivity contribution < 1.29 is 14.3 Å². The molecule has 1 rings (SSSR count). The number of ether oxygens (including phenoxy) is 2. The summed E-state index contributed by atoms with van der Waals surface area (Å²) in [6, 6.07) is 0. The highest BCUT2D eigenvalue weighted by molar-refractivity contribution is 5.75. The van der Waals surface area contributed by atoms with Gasteiger partial charge in [0.15, 0.2) is 0 Å². The molecular formula is C13H24N4O3. The van der Waals surface area contributed by atoms with Crippen LogP contribution < -0.4 is 5.32 Å². The summed E-state index contributed by atoms with van der Waals surface area (Å²) in [6.07, 6.45) is 1.14. The Morgan fingerprint density at radius 3 is 2.55 bits per heavy atom. The van der Waals surface area contributed by atoms with Gasteiger partial charge in [0.25, 0.3) is 0 Å². The summed E-state index contributed by atoms with van der Waals surface area (Å²) in [7, 11) is 0. The molecule has 0 aliphatic carbocycles. The van der Waals surface area contributed by atoms with Crippen LogP contribution >= 0.6 is 0 Å². The highest BCUT2D eigenvalue weighted by atomic mass is 16.7. The van der Waals surface area contributed by atoms with Gasteiger partial charge in [-0.15, -0.1) is 5.10 Å². The van der Waals surface area contributed by atoms with E-state index in [0.717, 1.165) is 0 Å². The minimum absolute atomic E-state index is 0.0838. The summed E-state index contributed by atoms with van der Waals surface area (Å²) in [5, 5.41) is 10.7. The Kier molecular flexibility index (Phi) is 7.17. The van der Waals surface area contributed by atoms with Crippen LogP contribution in [0, 0.1) is 5.92 Å². The molecule has 0 bridgehead atoms. The molecule has 1 aromatic heterocycles. The molecule has 1 amide bonds. The monoisotopic (exact) mass is 284 g/mol. The van der Waals surface area contributed by atoms with E-state index in [1.165, 1.54) is 4.68 Å². The van der Waals surface area contributed by atoms with Crippen LogP contribution in [0.1, 0.15) is 39.7 Å². The van der Waals surface area contributed by atoms with Gasteiger partial charge in [-0.3, -0.25) is 4.79 Å². The second-order valence-corrected chi connectivity index (χ2v) is 4.78. The molecule has 0 saturated heterocycles. The molecule has 0 fully saturated rings. The molecule has 1 N–H and O–H groups in total. The lowest BCUT2D eigenvalue weighted by Gasteiger charge is -2.13. The Labute approximate surface area is 119 Å². The average Bonchev–Trinajstić information content (AvgIpc) is 2.84. The van der Waals surface area contributed by atoms with Crippen molar-refractivity contribution in [3.8, 4) is 0 Å². The highest BCUT2D eigenvalue weighted by Gasteiger charge is 2.16. The van der Waals surface area contributed by atoms with Crippen molar-refractivity contribution in [1.82, 2.24) is 20.3 Å². The first-order chi connectivity index (χ1) is 9.56. The van der Waals surface area contributed by atoms with Crippen LogP contribution in [-0.2, 0) is 20.8 Å². The highest BCUT2D eigenvalue weighted by Crippen LogP contribution is 2.15. The summed E-state index contributed by atoms with van der Waals surface area (Å²) < 4.78 is 12.3. The van der Waals surface area contributed by atoms with Gasteiger partial charge in [0, 0.05) is 19.8 Å². The molecule has 0 spiro atoms. The van der Waals surface area contributed by atoms with Crippen molar-refractivity contribution in [2.45, 2.75) is 40.5 Å². The van der Waals surface area contributed by atoms with Crippen LogP contribution in [0.15, 0.2) is 6.20 Å². The summed E-state index contributed by atoms with van der Waals surface area (Å²) in [5.41, 5.74) is 0.574. The Hall–Kier alpha value is -1.47. The minimum atomic E-state index is -0.530. The zero-order valence-corrected chi connectivity index (χ0v) is 12.6. The molecule has 1 heterocycles. The SMILES string of the molecule is CCOC(OCC)c1cn(CC(=O)NCC(C)C)nn1. The van der Waals surface area contributed by atoms with E-state index < -0.39 is 6.29 Å². The van der Waals surface area contributed by atoms with Crippen LogP contribution in [0.2, 0.25) is 0 Å². The quantitative estimate of drug-likeness (QED) is 0.688. The number of carbonyl (C=O) groups excluding carboxylic acids is 1. The second-order valence-electron chi connectivity index (χ2n) is 4.78. The van der Waals surface area contributed by atoms with Gasteiger partial charge >= 0.3 is 0 Å². The van der Waals surface area contributed by atoms with Crippen LogP contribution in [0.4, 0.5) is 0 Å². The summed E-state index contributed by atoms with van der Waals surface area (Å²) >= 11 is 0. The lowest BCUT2D eigenvalue weighted by molar-refractivity contribution is -0.142. The van der Waals surface area contributed by atoms with E-state index in [-0.39, 0.29) is 12.5 Å². The van der Waals surface area contributed by atoms with E-state index >= 15 is 0 Å². The molecule has 0 aromatic carbocycles. The van der Waals surface area contributed by atoms with Crippen LogP contribution in [-0.4, -0.2) is 40.7 Å². The van der Waals surface area contributed by atoms with E-state index in [4.69, 9.17) is 9.47 Å². The van der Waals surface area contributed by atoms with E-state index in [2.05, 4.69) is 15.6 Å². The molecule has 0 saturated carbocycles. The average molecular weight is 284 g/mol. The molecule has 7 nitrogen and oxygen atoms in total. The van der Waals surface area contributed by atoms with Gasteiger partial charge in [0.05, 0.1) is 6.20 Å². The van der Waals surface area contributed by atoms with Gasteiger partial charge in [0.2, 0.25) is 12.2 Å². The van der Waals surface area contributed by atoms with E-state index in [9.17, 15) is 4.79 Å². The molecule has 1 aromatic rings. The molecule has 114 valence electrons. The summed E-state index contributed by atoms with van der Waals surface area (Å²) in [4.78, 5) is 11.7. The molecule has 0 atom stereocenters.